The molecule has 3 unspecified atom stereocenters. The van der Waals surface area contributed by atoms with Gasteiger partial charge in [0.05, 0.1) is 0 Å². The van der Waals surface area contributed by atoms with Crippen molar-refractivity contribution in [1.82, 2.24) is 0 Å². The molecule has 0 amide bonds. The first kappa shape index (κ1) is 12.0. The van der Waals surface area contributed by atoms with Crippen LogP contribution in [0.4, 0.5) is 0 Å². The van der Waals surface area contributed by atoms with E-state index >= 15 is 0 Å². The molecule has 4 fully saturated rings. The molecule has 0 spiro atoms. The van der Waals surface area contributed by atoms with Crippen molar-refractivity contribution in [2.45, 2.75) is 65.3 Å². The van der Waals surface area contributed by atoms with Gasteiger partial charge in [-0.1, -0.05) is 13.8 Å². The maximum Gasteiger partial charge on any atom is 0.00440 e. The smallest absolute Gasteiger partial charge is 0.00440 e. The van der Waals surface area contributed by atoms with Crippen molar-refractivity contribution in [1.29, 1.82) is 0 Å². The van der Waals surface area contributed by atoms with E-state index in [9.17, 15) is 0 Å². The summed E-state index contributed by atoms with van der Waals surface area (Å²) in [6, 6.07) is 0.432. The van der Waals surface area contributed by atoms with Crippen molar-refractivity contribution in [2.24, 2.45) is 40.7 Å². The molecule has 3 atom stereocenters. The van der Waals surface area contributed by atoms with E-state index in [4.69, 9.17) is 5.73 Å². The third-order valence-corrected chi connectivity index (χ3v) is 5.92. The van der Waals surface area contributed by atoms with Crippen molar-refractivity contribution in [3.63, 3.8) is 0 Å². The SMILES string of the molecule is CC(C)CC12CC3CC(C1)C(C(C)N)C(C3)C2. The van der Waals surface area contributed by atoms with Crippen LogP contribution in [0.2, 0.25) is 0 Å². The molecule has 1 heteroatoms. The molecular formula is C16H29N. The summed E-state index contributed by atoms with van der Waals surface area (Å²) in [6.07, 6.45) is 9.03. The first-order valence-electron chi connectivity index (χ1n) is 7.75. The number of rotatable bonds is 3. The Kier molecular flexibility index (Phi) is 2.81. The Balaban J connectivity index is 1.82. The van der Waals surface area contributed by atoms with Crippen LogP contribution in [0.25, 0.3) is 0 Å². The molecular weight excluding hydrogens is 206 g/mol. The predicted molar refractivity (Wildman–Crippen MR) is 72.6 cm³/mol. The Morgan fingerprint density at radius 2 is 1.65 bits per heavy atom. The third kappa shape index (κ3) is 1.95. The standard InChI is InChI=1S/C16H29N/c1-10(2)6-16-7-12-4-13(8-16)15(11(3)17)14(5-12)9-16/h10-15H,4-9,17H2,1-3H3. The van der Waals surface area contributed by atoms with E-state index in [1.165, 1.54) is 32.1 Å². The van der Waals surface area contributed by atoms with Gasteiger partial charge in [-0.05, 0) is 80.5 Å². The van der Waals surface area contributed by atoms with Gasteiger partial charge >= 0.3 is 0 Å². The van der Waals surface area contributed by atoms with Crippen LogP contribution < -0.4 is 5.73 Å². The lowest BCUT2D eigenvalue weighted by Crippen LogP contribution is -2.55. The minimum Gasteiger partial charge on any atom is -0.328 e. The van der Waals surface area contributed by atoms with E-state index in [0.29, 0.717) is 6.04 Å². The fourth-order valence-corrected chi connectivity index (χ4v) is 6.21. The molecule has 17 heavy (non-hydrogen) atoms. The van der Waals surface area contributed by atoms with Gasteiger partial charge in [0.25, 0.3) is 0 Å². The zero-order valence-corrected chi connectivity index (χ0v) is 11.8. The lowest BCUT2D eigenvalue weighted by Gasteiger charge is -2.61. The topological polar surface area (TPSA) is 26.0 Å². The average molecular weight is 235 g/mol. The van der Waals surface area contributed by atoms with Gasteiger partial charge in [-0.15, -0.1) is 0 Å². The maximum atomic E-state index is 6.26. The molecule has 0 aromatic rings. The van der Waals surface area contributed by atoms with Crippen LogP contribution in [0.3, 0.4) is 0 Å². The molecule has 4 rings (SSSR count). The number of nitrogens with two attached hydrogens (primary N) is 1. The van der Waals surface area contributed by atoms with Crippen molar-refractivity contribution in [3.8, 4) is 0 Å². The lowest BCUT2D eigenvalue weighted by molar-refractivity contribution is -0.108. The summed E-state index contributed by atoms with van der Waals surface area (Å²) >= 11 is 0. The Labute approximate surface area is 107 Å². The van der Waals surface area contributed by atoms with E-state index in [2.05, 4.69) is 20.8 Å². The molecule has 4 bridgehead atoms. The predicted octanol–water partition coefficient (Wildman–Crippen LogP) is 3.82. The summed E-state index contributed by atoms with van der Waals surface area (Å²) in [4.78, 5) is 0. The Morgan fingerprint density at radius 1 is 1.06 bits per heavy atom. The normalized spacial score (nSPS) is 49.9. The minimum atomic E-state index is 0.432. The first-order chi connectivity index (χ1) is 7.99. The minimum absolute atomic E-state index is 0.432. The summed E-state index contributed by atoms with van der Waals surface area (Å²) in [6.45, 7) is 7.06. The van der Waals surface area contributed by atoms with Crippen molar-refractivity contribution < 1.29 is 0 Å². The van der Waals surface area contributed by atoms with Crippen molar-refractivity contribution >= 4 is 0 Å². The summed E-state index contributed by atoms with van der Waals surface area (Å²) in [5.41, 5.74) is 6.99. The van der Waals surface area contributed by atoms with Crippen molar-refractivity contribution in [3.05, 3.63) is 0 Å². The molecule has 4 aliphatic carbocycles. The Bertz CT molecular complexity index is 274. The second-order valence-corrected chi connectivity index (χ2v) is 8.00. The molecule has 0 heterocycles. The van der Waals surface area contributed by atoms with Crippen LogP contribution in [0, 0.1) is 35.0 Å². The van der Waals surface area contributed by atoms with Crippen LogP contribution in [-0.2, 0) is 0 Å². The van der Waals surface area contributed by atoms with Gasteiger partial charge in [-0.25, -0.2) is 0 Å². The van der Waals surface area contributed by atoms with E-state index in [-0.39, 0.29) is 0 Å². The zero-order valence-electron chi connectivity index (χ0n) is 11.8. The van der Waals surface area contributed by atoms with E-state index in [1.54, 1.807) is 6.42 Å². The summed E-state index contributed by atoms with van der Waals surface area (Å²) in [5.74, 6) is 4.73. The molecule has 0 aromatic heterocycles. The fraction of sp³-hybridized carbons (Fsp3) is 1.00. The molecule has 0 aliphatic heterocycles. The van der Waals surface area contributed by atoms with Gasteiger partial charge in [0.1, 0.15) is 0 Å². The molecule has 0 aromatic carbocycles. The highest BCUT2D eigenvalue weighted by Gasteiger charge is 2.55. The Hall–Kier alpha value is -0.0400. The first-order valence-corrected chi connectivity index (χ1v) is 7.75. The summed E-state index contributed by atoms with van der Waals surface area (Å²) in [7, 11) is 0. The lowest BCUT2D eigenvalue weighted by atomic mass is 9.44. The second kappa shape index (κ2) is 3.98. The van der Waals surface area contributed by atoms with Gasteiger partial charge in [0.2, 0.25) is 0 Å². The highest BCUT2D eigenvalue weighted by molar-refractivity contribution is 5.06. The second-order valence-electron chi connectivity index (χ2n) is 8.00. The molecule has 0 radical (unpaired) electrons. The highest BCUT2D eigenvalue weighted by Crippen LogP contribution is 2.64. The highest BCUT2D eigenvalue weighted by atomic mass is 14.7. The van der Waals surface area contributed by atoms with E-state index in [0.717, 1.165) is 35.0 Å². The average Bonchev–Trinajstić information content (AvgIpc) is 2.11. The molecule has 98 valence electrons. The monoisotopic (exact) mass is 235 g/mol. The van der Waals surface area contributed by atoms with Gasteiger partial charge in [-0.2, -0.15) is 0 Å². The summed E-state index contributed by atoms with van der Waals surface area (Å²) < 4.78 is 0. The Morgan fingerprint density at radius 3 is 2.12 bits per heavy atom. The van der Waals surface area contributed by atoms with Crippen LogP contribution in [0.1, 0.15) is 59.3 Å². The third-order valence-electron chi connectivity index (χ3n) is 5.92. The van der Waals surface area contributed by atoms with E-state index < -0.39 is 0 Å². The maximum absolute atomic E-state index is 6.26. The fourth-order valence-electron chi connectivity index (χ4n) is 6.21. The molecule has 4 saturated carbocycles. The van der Waals surface area contributed by atoms with Crippen LogP contribution in [0.5, 0.6) is 0 Å². The van der Waals surface area contributed by atoms with Crippen molar-refractivity contribution in [2.75, 3.05) is 0 Å². The van der Waals surface area contributed by atoms with Crippen LogP contribution in [-0.4, -0.2) is 6.04 Å². The number of hydrogen-bond acceptors (Lipinski definition) is 1. The summed E-state index contributed by atoms with van der Waals surface area (Å²) in [5, 5.41) is 0. The molecule has 4 aliphatic rings. The largest absolute Gasteiger partial charge is 0.328 e. The molecule has 0 saturated heterocycles. The van der Waals surface area contributed by atoms with Gasteiger partial charge in [0.15, 0.2) is 0 Å². The molecule has 1 nitrogen and oxygen atoms in total. The molecule has 2 N–H and O–H groups in total. The van der Waals surface area contributed by atoms with Gasteiger partial charge < -0.3 is 5.73 Å². The van der Waals surface area contributed by atoms with Gasteiger partial charge in [0, 0.05) is 6.04 Å². The van der Waals surface area contributed by atoms with E-state index in [1.807, 2.05) is 0 Å². The van der Waals surface area contributed by atoms with Crippen LogP contribution in [0.15, 0.2) is 0 Å². The van der Waals surface area contributed by atoms with Gasteiger partial charge in [-0.3, -0.25) is 0 Å². The number of hydrogen-bond donors (Lipinski definition) is 1. The van der Waals surface area contributed by atoms with Crippen LogP contribution >= 0.6 is 0 Å². The quantitative estimate of drug-likeness (QED) is 0.790. The zero-order chi connectivity index (χ0) is 12.2.